The molecule has 2 aromatic heterocycles. The van der Waals surface area contributed by atoms with Crippen LogP contribution in [0.4, 0.5) is 13.8 Å². The molecule has 0 bridgehead atoms. The van der Waals surface area contributed by atoms with Crippen LogP contribution >= 0.6 is 23.1 Å². The zero-order valence-corrected chi connectivity index (χ0v) is 23.1. The number of fused-ring (bicyclic) bond motifs is 1. The number of thioether (sulfide) groups is 1. The first-order valence-corrected chi connectivity index (χ1v) is 14.0. The molecule has 0 fully saturated rings. The van der Waals surface area contributed by atoms with E-state index in [2.05, 4.69) is 53.7 Å². The summed E-state index contributed by atoms with van der Waals surface area (Å²) < 4.78 is 31.1. The maximum absolute atomic E-state index is 12.9. The molecule has 0 aliphatic heterocycles. The standard InChI is InChI=1S/C27H29F2N5O2S2/c1-5-12-34-23(16-6-9-18(10-7-16)36-25(28)29)32-33-26(34)37-15-22(35)31-24-20(14-30)19-11-8-17(27(2,3)4)13-21(19)38-24/h5-7,9-10,17,25H,1,8,11-13,15H2,2-4H3,(H,31,35). The number of hydrogen-bond acceptors (Lipinski definition) is 7. The highest BCUT2D eigenvalue weighted by Gasteiger charge is 2.32. The van der Waals surface area contributed by atoms with E-state index in [0.717, 1.165) is 24.8 Å². The minimum atomic E-state index is -2.90. The molecule has 1 N–H and O–H groups in total. The normalized spacial score (nSPS) is 15.1. The summed E-state index contributed by atoms with van der Waals surface area (Å²) in [6.45, 7) is 8.01. The van der Waals surface area contributed by atoms with Crippen molar-refractivity contribution in [2.45, 2.75) is 58.3 Å². The van der Waals surface area contributed by atoms with Crippen LogP contribution in [-0.4, -0.2) is 33.0 Å². The topological polar surface area (TPSA) is 92.8 Å². The van der Waals surface area contributed by atoms with E-state index in [1.807, 2.05) is 0 Å². The van der Waals surface area contributed by atoms with Gasteiger partial charge in [0.25, 0.3) is 0 Å². The van der Waals surface area contributed by atoms with E-state index in [-0.39, 0.29) is 22.8 Å². The van der Waals surface area contributed by atoms with E-state index < -0.39 is 6.61 Å². The highest BCUT2D eigenvalue weighted by atomic mass is 32.2. The van der Waals surface area contributed by atoms with Crippen LogP contribution in [0.2, 0.25) is 0 Å². The fourth-order valence-corrected chi connectivity index (χ4v) is 6.55. The highest BCUT2D eigenvalue weighted by Crippen LogP contribution is 2.44. The Morgan fingerprint density at radius 2 is 2.11 bits per heavy atom. The Bertz CT molecular complexity index is 1350. The summed E-state index contributed by atoms with van der Waals surface area (Å²) in [6.07, 6.45) is 4.50. The molecule has 11 heteroatoms. The number of nitrogens with zero attached hydrogens (tertiary/aromatic N) is 4. The second-order valence-corrected chi connectivity index (χ2v) is 12.1. The SMILES string of the molecule is C=CCn1c(SCC(=O)Nc2sc3c(c2C#N)CCC(C(C)(C)C)C3)nnc1-c1ccc(OC(F)F)cc1. The first kappa shape index (κ1) is 27.8. The van der Waals surface area contributed by atoms with Crippen LogP contribution in [0, 0.1) is 22.7 Å². The number of hydrogen-bond donors (Lipinski definition) is 1. The van der Waals surface area contributed by atoms with Gasteiger partial charge >= 0.3 is 6.61 Å². The fourth-order valence-electron chi connectivity index (χ4n) is 4.51. The molecule has 1 aromatic carbocycles. The zero-order chi connectivity index (χ0) is 27.4. The third kappa shape index (κ3) is 6.25. The largest absolute Gasteiger partial charge is 0.435 e. The predicted molar refractivity (Wildman–Crippen MR) is 146 cm³/mol. The van der Waals surface area contributed by atoms with Crippen LogP contribution < -0.4 is 10.1 Å². The van der Waals surface area contributed by atoms with Crippen molar-refractivity contribution in [2.24, 2.45) is 11.3 Å². The maximum Gasteiger partial charge on any atom is 0.387 e. The van der Waals surface area contributed by atoms with Gasteiger partial charge in [0.05, 0.1) is 11.3 Å². The summed E-state index contributed by atoms with van der Waals surface area (Å²) in [7, 11) is 0. The third-order valence-electron chi connectivity index (χ3n) is 6.55. The van der Waals surface area contributed by atoms with Crippen LogP contribution in [-0.2, 0) is 24.2 Å². The Morgan fingerprint density at radius 3 is 2.74 bits per heavy atom. The molecule has 0 saturated heterocycles. The van der Waals surface area contributed by atoms with Gasteiger partial charge in [-0.3, -0.25) is 9.36 Å². The molecule has 7 nitrogen and oxygen atoms in total. The van der Waals surface area contributed by atoms with E-state index in [0.29, 0.717) is 39.6 Å². The molecule has 2 heterocycles. The number of nitrogens with one attached hydrogen (secondary N) is 1. The summed E-state index contributed by atoms with van der Waals surface area (Å²) >= 11 is 2.73. The number of ether oxygens (including phenoxy) is 1. The summed E-state index contributed by atoms with van der Waals surface area (Å²) in [6, 6.07) is 8.41. The summed E-state index contributed by atoms with van der Waals surface area (Å²) in [5.41, 5.74) is 2.50. The first-order valence-electron chi connectivity index (χ1n) is 12.2. The number of alkyl halides is 2. The number of amides is 1. The van der Waals surface area contributed by atoms with Gasteiger partial charge in [0.1, 0.15) is 16.8 Å². The number of halogens is 2. The second-order valence-electron chi connectivity index (χ2n) is 10.1. The van der Waals surface area contributed by atoms with Crippen LogP contribution in [0.3, 0.4) is 0 Å². The van der Waals surface area contributed by atoms with Crippen LogP contribution in [0.5, 0.6) is 5.75 Å². The minimum Gasteiger partial charge on any atom is -0.435 e. The minimum absolute atomic E-state index is 0.0470. The molecule has 4 rings (SSSR count). The number of benzene rings is 1. The van der Waals surface area contributed by atoms with Crippen molar-refractivity contribution in [1.82, 2.24) is 14.8 Å². The van der Waals surface area contributed by atoms with Gasteiger partial charge in [-0.05, 0) is 60.4 Å². The van der Waals surface area contributed by atoms with E-state index in [1.165, 1.54) is 40.1 Å². The number of anilines is 1. The van der Waals surface area contributed by atoms with E-state index in [4.69, 9.17) is 0 Å². The van der Waals surface area contributed by atoms with Gasteiger partial charge in [-0.2, -0.15) is 14.0 Å². The van der Waals surface area contributed by atoms with Crippen LogP contribution in [0.15, 0.2) is 42.1 Å². The van der Waals surface area contributed by atoms with Crippen molar-refractivity contribution < 1.29 is 18.3 Å². The number of allylic oxidation sites excluding steroid dienone is 1. The van der Waals surface area contributed by atoms with Crippen LogP contribution in [0.1, 0.15) is 43.2 Å². The molecule has 0 spiro atoms. The van der Waals surface area contributed by atoms with Gasteiger partial charge in [-0.15, -0.1) is 28.1 Å². The van der Waals surface area contributed by atoms with E-state index in [1.54, 1.807) is 22.8 Å². The zero-order valence-electron chi connectivity index (χ0n) is 21.5. The molecule has 38 heavy (non-hydrogen) atoms. The Morgan fingerprint density at radius 1 is 1.37 bits per heavy atom. The number of rotatable bonds is 9. The second kappa shape index (κ2) is 11.7. The fraction of sp³-hybridized carbons (Fsp3) is 0.407. The molecule has 200 valence electrons. The van der Waals surface area contributed by atoms with Gasteiger partial charge in [-0.25, -0.2) is 0 Å². The van der Waals surface area contributed by atoms with Crippen LogP contribution in [0.25, 0.3) is 11.4 Å². The molecule has 1 aliphatic rings. The molecular weight excluding hydrogens is 528 g/mol. The van der Waals surface area contributed by atoms with Crippen molar-refractivity contribution in [2.75, 3.05) is 11.1 Å². The smallest absolute Gasteiger partial charge is 0.387 e. The molecule has 1 unspecified atom stereocenters. The first-order chi connectivity index (χ1) is 18.1. The van der Waals surface area contributed by atoms with Crippen molar-refractivity contribution in [3.63, 3.8) is 0 Å². The lowest BCUT2D eigenvalue weighted by molar-refractivity contribution is -0.113. The van der Waals surface area contributed by atoms with E-state index in [9.17, 15) is 18.8 Å². The summed E-state index contributed by atoms with van der Waals surface area (Å²) in [4.78, 5) is 14.1. The average Bonchev–Trinajstić information content (AvgIpc) is 3.42. The van der Waals surface area contributed by atoms with Crippen molar-refractivity contribution in [3.8, 4) is 23.2 Å². The Labute approximate surface area is 228 Å². The third-order valence-corrected chi connectivity index (χ3v) is 8.69. The number of carbonyl (C=O) groups is 1. The Kier molecular flexibility index (Phi) is 8.53. The summed E-state index contributed by atoms with van der Waals surface area (Å²) in [5.74, 6) is 0.945. The molecule has 1 amide bonds. The molecule has 1 atom stereocenters. The monoisotopic (exact) mass is 557 g/mol. The molecule has 0 radical (unpaired) electrons. The molecule has 0 saturated carbocycles. The lowest BCUT2D eigenvalue weighted by atomic mass is 9.72. The number of thiophene rings is 1. The summed E-state index contributed by atoms with van der Waals surface area (Å²) in [5, 5.41) is 22.3. The van der Waals surface area contributed by atoms with Gasteiger partial charge in [0.15, 0.2) is 11.0 Å². The maximum atomic E-state index is 12.9. The van der Waals surface area contributed by atoms with Gasteiger partial charge < -0.3 is 10.1 Å². The predicted octanol–water partition coefficient (Wildman–Crippen LogP) is 6.55. The van der Waals surface area contributed by atoms with Crippen molar-refractivity contribution in [1.29, 1.82) is 5.26 Å². The molecule has 1 aliphatic carbocycles. The van der Waals surface area contributed by atoms with Gasteiger partial charge in [0.2, 0.25) is 5.91 Å². The highest BCUT2D eigenvalue weighted by molar-refractivity contribution is 7.99. The van der Waals surface area contributed by atoms with Gasteiger partial charge in [-0.1, -0.05) is 38.6 Å². The van der Waals surface area contributed by atoms with E-state index >= 15 is 0 Å². The van der Waals surface area contributed by atoms with Crippen molar-refractivity contribution >= 4 is 34.0 Å². The number of aromatic nitrogens is 3. The Hall–Kier alpha value is -3.23. The quantitative estimate of drug-likeness (QED) is 0.237. The van der Waals surface area contributed by atoms with Gasteiger partial charge in [0, 0.05) is 17.0 Å². The molecule has 3 aromatic rings. The Balaban J connectivity index is 1.45. The van der Waals surface area contributed by atoms with Crippen molar-refractivity contribution in [3.05, 3.63) is 52.9 Å². The lowest BCUT2D eigenvalue weighted by Crippen LogP contribution is -2.26. The number of nitriles is 1. The lowest BCUT2D eigenvalue weighted by Gasteiger charge is -2.33. The average molecular weight is 558 g/mol. The number of carbonyl (C=O) groups excluding carboxylic acids is 1. The molecular formula is C27H29F2N5O2S2.